The lowest BCUT2D eigenvalue weighted by Gasteiger charge is -2.18. The van der Waals surface area contributed by atoms with Crippen LogP contribution in [0, 0.1) is 0 Å². The number of ether oxygens (including phenoxy) is 2. The van der Waals surface area contributed by atoms with Gasteiger partial charge in [0.05, 0.1) is 0 Å². The van der Waals surface area contributed by atoms with Crippen molar-refractivity contribution in [2.45, 2.75) is 25.7 Å². The van der Waals surface area contributed by atoms with Gasteiger partial charge in [0.2, 0.25) is 11.8 Å². The van der Waals surface area contributed by atoms with Crippen LogP contribution in [0.1, 0.15) is 25.7 Å². The molecule has 3 amide bonds. The van der Waals surface area contributed by atoms with Crippen LogP contribution in [0.2, 0.25) is 10.0 Å². The van der Waals surface area contributed by atoms with E-state index >= 15 is 0 Å². The minimum atomic E-state index is -1.05. The molecule has 0 spiro atoms. The van der Waals surface area contributed by atoms with Gasteiger partial charge in [0.25, 0.3) is 5.91 Å². The number of carbonyl (C=O) groups is 4. The lowest BCUT2D eigenvalue weighted by molar-refractivity contribution is -0.132. The molecule has 0 aliphatic carbocycles. The van der Waals surface area contributed by atoms with Gasteiger partial charge in [0.1, 0.15) is 34.4 Å². The van der Waals surface area contributed by atoms with E-state index in [-0.39, 0.29) is 42.7 Å². The fourth-order valence-corrected chi connectivity index (χ4v) is 4.53. The molecule has 4 N–H and O–H groups in total. The smallest absolute Gasteiger partial charge is 0.352 e. The van der Waals surface area contributed by atoms with Crippen LogP contribution < -0.4 is 20.5 Å². The number of nitrogens with one attached hydrogen (secondary N) is 1. The Morgan fingerprint density at radius 2 is 1.02 bits per heavy atom. The summed E-state index contributed by atoms with van der Waals surface area (Å²) in [5.41, 5.74) is 7.29. The molecule has 0 fully saturated rings. The molecule has 2 aliphatic rings. The zero-order valence-corrected chi connectivity index (χ0v) is 29.1. The van der Waals surface area contributed by atoms with Crippen LogP contribution in [-0.4, -0.2) is 64.3 Å². The van der Waals surface area contributed by atoms with Crippen LogP contribution in [-0.2, 0) is 19.2 Å². The van der Waals surface area contributed by atoms with E-state index < -0.39 is 5.97 Å². The number of carboxylic acids is 1. The van der Waals surface area contributed by atoms with Gasteiger partial charge in [-0.05, 0) is 97.1 Å². The van der Waals surface area contributed by atoms with Crippen LogP contribution in [0.15, 0.2) is 107 Å². The molecule has 13 nitrogen and oxygen atoms in total. The van der Waals surface area contributed by atoms with Crippen molar-refractivity contribution in [3.8, 4) is 23.0 Å². The van der Waals surface area contributed by atoms with Gasteiger partial charge in [-0.15, -0.1) is 0 Å². The Labute approximate surface area is 303 Å². The normalized spacial score (nSPS) is 13.7. The number of carbonyl (C=O) groups excluding carboxylic acids is 3. The molecule has 0 bridgehead atoms. The Morgan fingerprint density at radius 3 is 1.43 bits per heavy atom. The van der Waals surface area contributed by atoms with Crippen molar-refractivity contribution < 1.29 is 33.8 Å². The topological polar surface area (TPSA) is 176 Å². The summed E-state index contributed by atoms with van der Waals surface area (Å²) in [6, 6.07) is 28.5. The molecule has 0 aromatic heterocycles. The van der Waals surface area contributed by atoms with Gasteiger partial charge in [-0.2, -0.15) is 10.2 Å². The van der Waals surface area contributed by atoms with Gasteiger partial charge >= 0.3 is 5.97 Å². The van der Waals surface area contributed by atoms with Gasteiger partial charge in [0.15, 0.2) is 0 Å². The summed E-state index contributed by atoms with van der Waals surface area (Å²) in [7, 11) is 2.99. The Kier molecular flexibility index (Phi) is 13.5. The lowest BCUT2D eigenvalue weighted by atomic mass is 10.1. The Hall–Kier alpha value is -5.92. The summed E-state index contributed by atoms with van der Waals surface area (Å²) in [4.78, 5) is 44.7. The minimum absolute atomic E-state index is 0.0482. The molecular weight excluding hydrogens is 699 g/mol. The predicted octanol–water partition coefficient (Wildman–Crippen LogP) is 7.07. The third kappa shape index (κ3) is 12.2. The molecule has 4 aromatic rings. The van der Waals surface area contributed by atoms with Gasteiger partial charge in [-0.25, -0.2) is 14.8 Å². The first-order chi connectivity index (χ1) is 24.4. The van der Waals surface area contributed by atoms with Crippen molar-refractivity contribution in [2.75, 3.05) is 25.1 Å². The predicted molar refractivity (Wildman–Crippen MR) is 195 cm³/mol. The number of aliphatic carboxylic acids is 1. The molecule has 2 aliphatic heterocycles. The van der Waals surface area contributed by atoms with E-state index in [0.717, 1.165) is 22.2 Å². The maximum absolute atomic E-state index is 12.2. The number of hydrazone groups is 2. The molecule has 0 atom stereocenters. The molecule has 51 heavy (non-hydrogen) atoms. The summed E-state index contributed by atoms with van der Waals surface area (Å²) in [5, 5.41) is 22.4. The summed E-state index contributed by atoms with van der Waals surface area (Å²) in [6.45, 7) is 0. The van der Waals surface area contributed by atoms with Crippen molar-refractivity contribution in [3.05, 3.63) is 107 Å². The first-order valence-corrected chi connectivity index (χ1v) is 16.2. The van der Waals surface area contributed by atoms with Crippen molar-refractivity contribution >= 4 is 69.7 Å². The number of anilines is 2. The highest BCUT2D eigenvalue weighted by Crippen LogP contribution is 2.25. The zero-order chi connectivity index (χ0) is 36.9. The molecule has 0 saturated carbocycles. The van der Waals surface area contributed by atoms with E-state index in [1.165, 1.54) is 19.1 Å². The number of nitrogens with two attached hydrogens (primary N) is 1. The standard InChI is InChI=1S/C18H16ClN3O3.C12H10ClNO.C6H8N2O3/c1-22-17(23)11-10-16(21-22)18(24)20-13-4-8-15(9-5-13)25-14-6-2-12(19)3-7-14;13-9-1-5-11(6-2-9)15-12-7-3-10(14)4-8-12;1-8-5(9)3-2-4(7-8)6(10)11/h2-9H,10-11H2,1H3,(H,20,24);1-8H,14H2;2-3H2,1H3,(H,10,11). The second-order valence-electron chi connectivity index (χ2n) is 10.9. The highest BCUT2D eigenvalue weighted by Gasteiger charge is 2.22. The number of carboxylic acid groups (broad SMARTS) is 1. The molecular formula is C36H34Cl2N6O7. The second-order valence-corrected chi connectivity index (χ2v) is 11.8. The molecule has 6 rings (SSSR count). The van der Waals surface area contributed by atoms with E-state index in [0.29, 0.717) is 39.4 Å². The fraction of sp³-hybridized carbons (Fsp3) is 0.167. The van der Waals surface area contributed by atoms with Crippen molar-refractivity contribution in [1.82, 2.24) is 10.0 Å². The second kappa shape index (κ2) is 18.2. The molecule has 15 heteroatoms. The maximum atomic E-state index is 12.2. The fourth-order valence-electron chi connectivity index (χ4n) is 4.28. The highest BCUT2D eigenvalue weighted by atomic mass is 35.5. The Balaban J connectivity index is 0.000000190. The van der Waals surface area contributed by atoms with Gasteiger partial charge in [0, 0.05) is 61.2 Å². The average Bonchev–Trinajstić information content (AvgIpc) is 3.11. The van der Waals surface area contributed by atoms with E-state index in [9.17, 15) is 19.2 Å². The Bertz CT molecular complexity index is 1860. The summed E-state index contributed by atoms with van der Waals surface area (Å²) in [6.07, 6.45) is 1.10. The van der Waals surface area contributed by atoms with Crippen LogP contribution in [0.4, 0.5) is 11.4 Å². The third-order valence-electron chi connectivity index (χ3n) is 7.01. The number of hydrogen-bond acceptors (Lipinski definition) is 9. The molecule has 0 radical (unpaired) electrons. The van der Waals surface area contributed by atoms with E-state index in [2.05, 4.69) is 15.5 Å². The van der Waals surface area contributed by atoms with Crippen molar-refractivity contribution in [1.29, 1.82) is 0 Å². The molecule has 2 heterocycles. The summed E-state index contributed by atoms with van der Waals surface area (Å²) in [5.74, 6) is 1.21. The number of hydrogen-bond donors (Lipinski definition) is 3. The maximum Gasteiger partial charge on any atom is 0.352 e. The van der Waals surface area contributed by atoms with E-state index in [1.54, 1.807) is 72.8 Å². The molecule has 264 valence electrons. The van der Waals surface area contributed by atoms with Gasteiger partial charge in [-0.1, -0.05) is 23.2 Å². The molecule has 0 unspecified atom stereocenters. The highest BCUT2D eigenvalue weighted by molar-refractivity contribution is 6.43. The monoisotopic (exact) mass is 732 g/mol. The van der Waals surface area contributed by atoms with Crippen LogP contribution in [0.5, 0.6) is 23.0 Å². The largest absolute Gasteiger partial charge is 0.477 e. The minimum Gasteiger partial charge on any atom is -0.477 e. The first-order valence-electron chi connectivity index (χ1n) is 15.4. The SMILES string of the molecule is CN1N=C(C(=O)Nc2ccc(Oc3ccc(Cl)cc3)cc2)CCC1=O.CN1N=C(C(=O)O)CCC1=O.Nc1ccc(Oc2ccc(Cl)cc2)cc1. The van der Waals surface area contributed by atoms with E-state index in [1.807, 2.05) is 24.3 Å². The number of nitrogens with zero attached hydrogens (tertiary/aromatic N) is 4. The first kappa shape index (κ1) is 37.9. The molecule has 4 aromatic carbocycles. The quantitative estimate of drug-likeness (QED) is 0.169. The number of amides is 3. The zero-order valence-electron chi connectivity index (χ0n) is 27.6. The van der Waals surface area contributed by atoms with Gasteiger partial charge < -0.3 is 25.6 Å². The van der Waals surface area contributed by atoms with E-state index in [4.69, 9.17) is 43.5 Å². The Morgan fingerprint density at radius 1 is 0.647 bits per heavy atom. The van der Waals surface area contributed by atoms with Gasteiger partial charge in [-0.3, -0.25) is 14.4 Å². The summed E-state index contributed by atoms with van der Waals surface area (Å²) < 4.78 is 11.3. The van der Waals surface area contributed by atoms with Crippen molar-refractivity contribution in [2.24, 2.45) is 10.2 Å². The molecule has 0 saturated heterocycles. The number of rotatable bonds is 7. The summed E-state index contributed by atoms with van der Waals surface area (Å²) >= 11 is 11.6. The van der Waals surface area contributed by atoms with Crippen molar-refractivity contribution in [3.63, 3.8) is 0 Å². The van der Waals surface area contributed by atoms with Crippen LogP contribution >= 0.6 is 23.2 Å². The average molecular weight is 734 g/mol. The number of nitrogen functional groups attached to an aromatic ring is 1. The number of halogens is 2. The lowest BCUT2D eigenvalue weighted by Crippen LogP contribution is -2.34. The number of benzene rings is 4. The third-order valence-corrected chi connectivity index (χ3v) is 7.52. The van der Waals surface area contributed by atoms with Crippen LogP contribution in [0.25, 0.3) is 0 Å². The van der Waals surface area contributed by atoms with Crippen LogP contribution in [0.3, 0.4) is 0 Å².